The molecule has 1 N–H and O–H groups in total. The number of alkyl halides is 6. The molecular weight excluding hydrogens is 494 g/mol. The number of Topliss-reactive ketones (excluding diaryl/α,β-unsaturated/α-hetero) is 1. The Balaban J connectivity index is 2.09. The van der Waals surface area contributed by atoms with Crippen molar-refractivity contribution in [1.82, 2.24) is 0 Å². The molecule has 3 rings (SSSR count). The number of ketones is 1. The predicted molar refractivity (Wildman–Crippen MR) is 130 cm³/mol. The quantitative estimate of drug-likeness (QED) is 0.244. The smallest absolute Gasteiger partial charge is 0.392 e. The summed E-state index contributed by atoms with van der Waals surface area (Å²) in [4.78, 5) is 12.8. The lowest BCUT2D eigenvalue weighted by atomic mass is 9.86. The van der Waals surface area contributed by atoms with Crippen molar-refractivity contribution in [3.8, 4) is 0 Å². The minimum Gasteiger partial charge on any atom is -0.392 e. The van der Waals surface area contributed by atoms with Crippen molar-refractivity contribution < 1.29 is 36.2 Å². The highest BCUT2D eigenvalue weighted by Crippen LogP contribution is 2.34. The van der Waals surface area contributed by atoms with Crippen LogP contribution in [-0.4, -0.2) is 10.9 Å². The summed E-state index contributed by atoms with van der Waals surface area (Å²) in [6.07, 6.45) is -8.74. The second-order valence-electron chi connectivity index (χ2n) is 8.89. The molecule has 0 aliphatic rings. The number of aliphatic hydroxyl groups excluding tert-OH is 1. The van der Waals surface area contributed by atoms with E-state index in [1.54, 1.807) is 31.2 Å². The topological polar surface area (TPSA) is 37.3 Å². The van der Waals surface area contributed by atoms with Gasteiger partial charge >= 0.3 is 12.4 Å². The molecule has 0 amide bonds. The largest absolute Gasteiger partial charge is 0.416 e. The minimum atomic E-state index is -4.54. The number of aryl methyl sites for hydroxylation is 2. The maximum atomic E-state index is 13.3. The van der Waals surface area contributed by atoms with Crippen molar-refractivity contribution in [2.24, 2.45) is 0 Å². The highest BCUT2D eigenvalue weighted by atomic mass is 19.4. The van der Waals surface area contributed by atoms with Crippen molar-refractivity contribution in [3.63, 3.8) is 0 Å². The predicted octanol–water partition coefficient (Wildman–Crippen LogP) is 7.74. The number of benzene rings is 3. The van der Waals surface area contributed by atoms with E-state index in [4.69, 9.17) is 0 Å². The maximum Gasteiger partial charge on any atom is 0.416 e. The maximum absolute atomic E-state index is 13.3. The molecule has 3 aromatic rings. The lowest BCUT2D eigenvalue weighted by Gasteiger charge is -2.18. The Hall–Kier alpha value is -3.39. The molecule has 0 atom stereocenters. The highest BCUT2D eigenvalue weighted by Gasteiger charge is 2.31. The van der Waals surface area contributed by atoms with Crippen LogP contribution in [0.5, 0.6) is 0 Å². The summed E-state index contributed by atoms with van der Waals surface area (Å²) in [7, 11) is 0. The van der Waals surface area contributed by atoms with Crippen molar-refractivity contribution in [3.05, 3.63) is 111 Å². The molecule has 0 aromatic heterocycles. The van der Waals surface area contributed by atoms with Crippen LogP contribution in [0.25, 0.3) is 5.57 Å². The highest BCUT2D eigenvalue weighted by molar-refractivity contribution is 6.01. The van der Waals surface area contributed by atoms with Crippen LogP contribution in [0.15, 0.2) is 72.3 Å². The second-order valence-corrected chi connectivity index (χ2v) is 8.89. The van der Waals surface area contributed by atoms with Crippen LogP contribution in [0, 0.1) is 6.92 Å². The molecule has 0 spiro atoms. The summed E-state index contributed by atoms with van der Waals surface area (Å²) in [5, 5.41) is 9.47. The zero-order valence-electron chi connectivity index (χ0n) is 20.3. The van der Waals surface area contributed by atoms with E-state index in [1.165, 1.54) is 25.1 Å². The summed E-state index contributed by atoms with van der Waals surface area (Å²) in [5.74, 6) is -0.345. The first-order valence-corrected chi connectivity index (χ1v) is 11.6. The van der Waals surface area contributed by atoms with E-state index >= 15 is 0 Å². The average Bonchev–Trinajstić information content (AvgIpc) is 2.83. The fraction of sp³-hybridized carbons (Fsp3) is 0.276. The Morgan fingerprint density at radius 3 is 1.86 bits per heavy atom. The van der Waals surface area contributed by atoms with Crippen LogP contribution in [0.1, 0.15) is 52.3 Å². The molecule has 37 heavy (non-hydrogen) atoms. The van der Waals surface area contributed by atoms with Gasteiger partial charge in [-0.15, -0.1) is 0 Å². The zero-order valence-corrected chi connectivity index (χ0v) is 20.3. The van der Waals surface area contributed by atoms with E-state index in [1.807, 2.05) is 0 Å². The Labute approximate surface area is 211 Å². The Bertz CT molecular complexity index is 1300. The van der Waals surface area contributed by atoms with Gasteiger partial charge in [-0.3, -0.25) is 4.79 Å². The van der Waals surface area contributed by atoms with Gasteiger partial charge in [-0.2, -0.15) is 26.3 Å². The third-order valence-corrected chi connectivity index (χ3v) is 6.14. The van der Waals surface area contributed by atoms with E-state index in [0.29, 0.717) is 27.8 Å². The SMILES string of the molecule is CC(=O)/C(Cc1cccc(C(F)(F)F)c1)=C(/CCc1cccc(C(F)(F)F)c1)c1ccc(CO)cc1C. The average molecular weight is 521 g/mol. The van der Waals surface area contributed by atoms with Gasteiger partial charge in [0.25, 0.3) is 0 Å². The minimum absolute atomic E-state index is 0.0711. The number of rotatable bonds is 8. The number of hydrogen-bond acceptors (Lipinski definition) is 2. The molecule has 0 heterocycles. The molecule has 196 valence electrons. The lowest BCUT2D eigenvalue weighted by Crippen LogP contribution is -2.09. The monoisotopic (exact) mass is 520 g/mol. The second kappa shape index (κ2) is 11.3. The van der Waals surface area contributed by atoms with Crippen molar-refractivity contribution in [2.75, 3.05) is 0 Å². The van der Waals surface area contributed by atoms with E-state index in [-0.39, 0.29) is 37.2 Å². The van der Waals surface area contributed by atoms with Gasteiger partial charge in [-0.05, 0) is 72.2 Å². The van der Waals surface area contributed by atoms with Gasteiger partial charge in [0.05, 0.1) is 17.7 Å². The van der Waals surface area contributed by atoms with Gasteiger partial charge in [-0.1, -0.05) is 54.6 Å². The summed E-state index contributed by atoms with van der Waals surface area (Å²) in [5.41, 5.74) is 1.95. The van der Waals surface area contributed by atoms with Crippen LogP contribution in [0.2, 0.25) is 0 Å². The summed E-state index contributed by atoms with van der Waals surface area (Å²) in [6.45, 7) is 2.90. The molecule has 2 nitrogen and oxygen atoms in total. The van der Waals surface area contributed by atoms with Gasteiger partial charge in [0, 0.05) is 12.0 Å². The number of carbonyl (C=O) groups is 1. The molecule has 3 aromatic carbocycles. The van der Waals surface area contributed by atoms with Crippen molar-refractivity contribution in [1.29, 1.82) is 0 Å². The first-order valence-electron chi connectivity index (χ1n) is 11.6. The number of hydrogen-bond donors (Lipinski definition) is 1. The van der Waals surface area contributed by atoms with Gasteiger partial charge < -0.3 is 5.11 Å². The van der Waals surface area contributed by atoms with Crippen molar-refractivity contribution >= 4 is 11.4 Å². The first-order chi connectivity index (χ1) is 17.3. The van der Waals surface area contributed by atoms with Crippen molar-refractivity contribution in [2.45, 2.75) is 52.1 Å². The van der Waals surface area contributed by atoms with E-state index in [0.717, 1.165) is 29.8 Å². The van der Waals surface area contributed by atoms with Crippen LogP contribution < -0.4 is 0 Å². The van der Waals surface area contributed by atoms with Gasteiger partial charge in [-0.25, -0.2) is 0 Å². The van der Waals surface area contributed by atoms with Crippen LogP contribution in [-0.2, 0) is 36.6 Å². The molecule has 0 saturated carbocycles. The molecule has 0 unspecified atom stereocenters. The normalized spacial score (nSPS) is 12.9. The fourth-order valence-electron chi connectivity index (χ4n) is 4.29. The molecular formula is C29H26F6O2. The van der Waals surface area contributed by atoms with E-state index in [2.05, 4.69) is 0 Å². The Morgan fingerprint density at radius 2 is 1.35 bits per heavy atom. The number of aliphatic hydroxyl groups is 1. The van der Waals surface area contributed by atoms with Crippen LogP contribution in [0.4, 0.5) is 26.3 Å². The Morgan fingerprint density at radius 1 is 0.784 bits per heavy atom. The number of halogens is 6. The van der Waals surface area contributed by atoms with Gasteiger partial charge in [0.1, 0.15) is 0 Å². The third-order valence-electron chi connectivity index (χ3n) is 6.14. The molecule has 0 aliphatic heterocycles. The van der Waals surface area contributed by atoms with Crippen LogP contribution >= 0.6 is 0 Å². The Kier molecular flexibility index (Phi) is 8.64. The van der Waals surface area contributed by atoms with Gasteiger partial charge in [0.15, 0.2) is 5.78 Å². The van der Waals surface area contributed by atoms with E-state index < -0.39 is 23.5 Å². The summed E-state index contributed by atoms with van der Waals surface area (Å²) in [6, 6.07) is 14.8. The molecule has 0 fully saturated rings. The summed E-state index contributed by atoms with van der Waals surface area (Å²) >= 11 is 0. The molecule has 0 aliphatic carbocycles. The summed E-state index contributed by atoms with van der Waals surface area (Å²) < 4.78 is 79.4. The number of carbonyl (C=O) groups excluding carboxylic acids is 1. The standard InChI is InChI=1S/C29H26F6O2/c1-18-13-22(17-36)10-11-25(18)26(12-9-20-5-3-7-23(14-20)28(30,31)32)27(19(2)37)16-21-6-4-8-24(15-21)29(33,34)35/h3-8,10-11,13-15,36H,9,12,16-17H2,1-2H3/b27-26-. The van der Waals surface area contributed by atoms with Crippen LogP contribution in [0.3, 0.4) is 0 Å². The third kappa shape index (κ3) is 7.32. The van der Waals surface area contributed by atoms with E-state index in [9.17, 15) is 36.2 Å². The zero-order chi connectivity index (χ0) is 27.4. The number of allylic oxidation sites excluding steroid dienone is 2. The molecule has 0 radical (unpaired) electrons. The fourth-order valence-corrected chi connectivity index (χ4v) is 4.29. The lowest BCUT2D eigenvalue weighted by molar-refractivity contribution is -0.138. The molecule has 0 saturated heterocycles. The first kappa shape index (κ1) is 28.2. The molecule has 8 heteroatoms. The van der Waals surface area contributed by atoms with Gasteiger partial charge in [0.2, 0.25) is 0 Å². The molecule has 0 bridgehead atoms.